The molecular weight excluding hydrogens is 295 g/mol. The van der Waals surface area contributed by atoms with E-state index in [2.05, 4.69) is 10.3 Å². The van der Waals surface area contributed by atoms with Crippen molar-refractivity contribution in [3.8, 4) is 0 Å². The Morgan fingerprint density at radius 3 is 2.71 bits per heavy atom. The van der Waals surface area contributed by atoms with Crippen LogP contribution in [0.4, 0.5) is 15.9 Å². The first-order valence-electron chi connectivity index (χ1n) is 6.19. The van der Waals surface area contributed by atoms with Crippen molar-refractivity contribution < 1.29 is 9.31 Å². The Bertz CT molecular complexity index is 699. The van der Waals surface area contributed by atoms with E-state index in [4.69, 9.17) is 12.2 Å². The molecule has 2 aromatic rings. The molecule has 0 aliphatic heterocycles. The van der Waals surface area contributed by atoms with Gasteiger partial charge in [-0.15, -0.1) is 4.57 Å². The van der Waals surface area contributed by atoms with Gasteiger partial charge in [-0.2, -0.15) is 0 Å². The summed E-state index contributed by atoms with van der Waals surface area (Å²) in [5, 5.41) is 13.8. The highest BCUT2D eigenvalue weighted by molar-refractivity contribution is 7.80. The summed E-state index contributed by atoms with van der Waals surface area (Å²) >= 11 is 5.17. The number of nitrogens with zero attached hydrogens (tertiary/aromatic N) is 3. The highest BCUT2D eigenvalue weighted by Crippen LogP contribution is 2.22. The Kier molecular flexibility index (Phi) is 4.27. The van der Waals surface area contributed by atoms with Crippen LogP contribution in [0.1, 0.15) is 25.6 Å². The Balaban J connectivity index is 2.41. The van der Waals surface area contributed by atoms with Crippen molar-refractivity contribution in [1.82, 2.24) is 9.55 Å². The van der Waals surface area contributed by atoms with Gasteiger partial charge in [-0.1, -0.05) is 26.0 Å². The minimum absolute atomic E-state index is 0.00741. The van der Waals surface area contributed by atoms with Crippen molar-refractivity contribution in [2.75, 3.05) is 5.32 Å². The summed E-state index contributed by atoms with van der Waals surface area (Å²) in [6, 6.07) is 5.96. The van der Waals surface area contributed by atoms with E-state index in [1.807, 2.05) is 13.8 Å². The van der Waals surface area contributed by atoms with Gasteiger partial charge in [0, 0.05) is 5.92 Å². The third-order valence-electron chi connectivity index (χ3n) is 2.79. The second-order valence-electron chi connectivity index (χ2n) is 4.63. The lowest BCUT2D eigenvalue weighted by Crippen LogP contribution is -2.23. The van der Waals surface area contributed by atoms with Crippen LogP contribution < -0.4 is 5.32 Å². The van der Waals surface area contributed by atoms with E-state index in [0.29, 0.717) is 5.82 Å². The van der Waals surface area contributed by atoms with Gasteiger partial charge < -0.3 is 15.4 Å². The first-order chi connectivity index (χ1) is 9.91. The molecule has 6 nitrogen and oxygen atoms in total. The molecule has 2 rings (SSSR count). The summed E-state index contributed by atoms with van der Waals surface area (Å²) < 4.78 is 14.8. The number of thiocarbonyl (C=S) groups is 1. The molecule has 0 amide bonds. The summed E-state index contributed by atoms with van der Waals surface area (Å²) in [4.78, 5) is 14.5. The van der Waals surface area contributed by atoms with Crippen LogP contribution in [0.25, 0.3) is 0 Å². The molecule has 1 aromatic carbocycles. The molecule has 0 saturated carbocycles. The van der Waals surface area contributed by atoms with Crippen LogP contribution in [0.5, 0.6) is 0 Å². The lowest BCUT2D eigenvalue weighted by molar-refractivity contribution is -0.390. The Hall–Kier alpha value is -2.35. The third-order valence-corrected chi connectivity index (χ3v) is 3.08. The fourth-order valence-corrected chi connectivity index (χ4v) is 2.13. The number of halogens is 1. The minimum Gasteiger partial charge on any atom is -0.358 e. The molecule has 0 unspecified atom stereocenters. The molecule has 0 aliphatic rings. The molecule has 0 saturated heterocycles. The number of aromatic nitrogens is 2. The summed E-state index contributed by atoms with van der Waals surface area (Å²) in [7, 11) is 0. The third kappa shape index (κ3) is 3.05. The maximum atomic E-state index is 13.6. The van der Waals surface area contributed by atoms with Gasteiger partial charge >= 0.3 is 5.82 Å². The second kappa shape index (κ2) is 5.96. The molecule has 1 N–H and O–H groups in total. The molecule has 1 aromatic heterocycles. The number of nitro groups is 1. The van der Waals surface area contributed by atoms with Crippen molar-refractivity contribution in [2.24, 2.45) is 0 Å². The predicted octanol–water partition coefficient (Wildman–Crippen LogP) is 3.30. The van der Waals surface area contributed by atoms with Gasteiger partial charge in [0.1, 0.15) is 12.0 Å². The van der Waals surface area contributed by atoms with E-state index >= 15 is 0 Å². The van der Waals surface area contributed by atoms with Crippen molar-refractivity contribution >= 4 is 28.8 Å². The van der Waals surface area contributed by atoms with Crippen molar-refractivity contribution in [3.05, 3.63) is 52.2 Å². The van der Waals surface area contributed by atoms with E-state index in [1.165, 1.54) is 16.7 Å². The largest absolute Gasteiger partial charge is 0.358 e. The molecule has 0 radical (unpaired) electrons. The Morgan fingerprint density at radius 2 is 2.14 bits per heavy atom. The minimum atomic E-state index is -0.575. The van der Waals surface area contributed by atoms with Crippen LogP contribution in [0.15, 0.2) is 30.5 Å². The van der Waals surface area contributed by atoms with Gasteiger partial charge in [0.2, 0.25) is 5.82 Å². The number of hydrogen-bond donors (Lipinski definition) is 1. The molecule has 0 fully saturated rings. The number of imidazole rings is 1. The average molecular weight is 308 g/mol. The number of hydrogen-bond acceptors (Lipinski definition) is 4. The van der Waals surface area contributed by atoms with Gasteiger partial charge in [0.25, 0.3) is 5.11 Å². The van der Waals surface area contributed by atoms with Crippen LogP contribution >= 0.6 is 12.2 Å². The van der Waals surface area contributed by atoms with Gasteiger partial charge in [-0.05, 0) is 29.3 Å². The van der Waals surface area contributed by atoms with Crippen molar-refractivity contribution in [1.29, 1.82) is 0 Å². The van der Waals surface area contributed by atoms with E-state index in [0.717, 1.165) is 6.20 Å². The van der Waals surface area contributed by atoms with Gasteiger partial charge in [-0.3, -0.25) is 0 Å². The summed E-state index contributed by atoms with van der Waals surface area (Å²) in [6.07, 6.45) is 1.14. The van der Waals surface area contributed by atoms with Gasteiger partial charge in [0.05, 0.1) is 5.69 Å². The zero-order valence-electron chi connectivity index (χ0n) is 11.4. The molecule has 21 heavy (non-hydrogen) atoms. The highest BCUT2D eigenvalue weighted by atomic mass is 32.1. The molecule has 110 valence electrons. The van der Waals surface area contributed by atoms with E-state index in [-0.39, 0.29) is 22.5 Å². The van der Waals surface area contributed by atoms with Crippen molar-refractivity contribution in [2.45, 2.75) is 19.8 Å². The van der Waals surface area contributed by atoms with E-state index in [9.17, 15) is 14.5 Å². The first-order valence-corrected chi connectivity index (χ1v) is 6.60. The molecule has 0 spiro atoms. The summed E-state index contributed by atoms with van der Waals surface area (Å²) in [5.41, 5.74) is 0.153. The van der Waals surface area contributed by atoms with Gasteiger partial charge in [-0.25, -0.2) is 9.37 Å². The predicted molar refractivity (Wildman–Crippen MR) is 81.0 cm³/mol. The van der Waals surface area contributed by atoms with Crippen LogP contribution in [0.2, 0.25) is 0 Å². The zero-order chi connectivity index (χ0) is 15.6. The van der Waals surface area contributed by atoms with E-state index in [1.54, 1.807) is 12.1 Å². The molecule has 1 heterocycles. The summed E-state index contributed by atoms with van der Waals surface area (Å²) in [6.45, 7) is 3.68. The average Bonchev–Trinajstić information content (AvgIpc) is 2.86. The maximum Gasteiger partial charge on any atom is 0.349 e. The van der Waals surface area contributed by atoms with Gasteiger partial charge in [0.15, 0.2) is 0 Å². The Morgan fingerprint density at radius 1 is 1.48 bits per heavy atom. The molecule has 0 bridgehead atoms. The molecule has 0 aliphatic carbocycles. The van der Waals surface area contributed by atoms with E-state index < -0.39 is 10.7 Å². The highest BCUT2D eigenvalue weighted by Gasteiger charge is 2.26. The smallest absolute Gasteiger partial charge is 0.349 e. The normalized spacial score (nSPS) is 10.7. The zero-order valence-corrected chi connectivity index (χ0v) is 12.2. The first kappa shape index (κ1) is 15.0. The number of para-hydroxylation sites is 1. The fraction of sp³-hybridized carbons (Fsp3) is 0.231. The molecular formula is C13H13FN4O2S. The monoisotopic (exact) mass is 308 g/mol. The topological polar surface area (TPSA) is 73.0 Å². The lowest BCUT2D eigenvalue weighted by Gasteiger charge is -2.10. The van der Waals surface area contributed by atoms with Crippen LogP contribution in [-0.4, -0.2) is 19.6 Å². The fourth-order valence-electron chi connectivity index (χ4n) is 1.83. The number of nitrogens with one attached hydrogen (secondary N) is 1. The number of anilines is 1. The standard InChI is InChI=1S/C13H13FN4O2S/c1-8(2)12-15-7-11(18(19)20)17(12)13(21)16-10-6-4-3-5-9(10)14/h3-8H,1-2H3,(H,16,21). The van der Waals surface area contributed by atoms with Crippen LogP contribution in [0, 0.1) is 15.9 Å². The van der Waals surface area contributed by atoms with Crippen molar-refractivity contribution in [3.63, 3.8) is 0 Å². The summed E-state index contributed by atoms with van der Waals surface area (Å²) in [5.74, 6) is -0.379. The molecule has 8 heteroatoms. The van der Waals surface area contributed by atoms with Crippen LogP contribution in [0.3, 0.4) is 0 Å². The maximum absolute atomic E-state index is 13.6. The quantitative estimate of drug-likeness (QED) is 0.535. The molecule has 0 atom stereocenters. The number of benzene rings is 1. The second-order valence-corrected chi connectivity index (χ2v) is 5.02. The number of rotatable bonds is 3. The van der Waals surface area contributed by atoms with Crippen LogP contribution in [-0.2, 0) is 0 Å². The lowest BCUT2D eigenvalue weighted by atomic mass is 10.2. The SMILES string of the molecule is CC(C)c1ncc([N+](=O)[O-])n1C(=S)Nc1ccccc1F. The Labute approximate surface area is 125 Å².